The minimum absolute atomic E-state index is 0.0499. The number of halogens is 2. The Labute approximate surface area is 201 Å². The first-order valence-corrected chi connectivity index (χ1v) is 12.8. The molecule has 8 nitrogen and oxygen atoms in total. The molecule has 1 saturated carbocycles. The summed E-state index contributed by atoms with van der Waals surface area (Å²) >= 11 is 0. The second-order valence-corrected chi connectivity index (χ2v) is 11.6. The predicted octanol–water partition coefficient (Wildman–Crippen LogP) is 3.85. The van der Waals surface area contributed by atoms with E-state index in [0.717, 1.165) is 5.39 Å². The first-order valence-electron chi connectivity index (χ1n) is 11.1. The van der Waals surface area contributed by atoms with Crippen molar-refractivity contribution in [1.29, 1.82) is 5.41 Å². The van der Waals surface area contributed by atoms with Gasteiger partial charge in [-0.1, -0.05) is 0 Å². The van der Waals surface area contributed by atoms with E-state index in [-0.39, 0.29) is 5.56 Å². The van der Waals surface area contributed by atoms with Gasteiger partial charge in [-0.3, -0.25) is 5.41 Å². The van der Waals surface area contributed by atoms with Crippen LogP contribution in [0.3, 0.4) is 0 Å². The quantitative estimate of drug-likeness (QED) is 0.470. The van der Waals surface area contributed by atoms with Gasteiger partial charge in [0, 0.05) is 22.8 Å². The van der Waals surface area contributed by atoms with Crippen LogP contribution in [-0.4, -0.2) is 48.5 Å². The van der Waals surface area contributed by atoms with Gasteiger partial charge in [-0.2, -0.15) is 0 Å². The monoisotopic (exact) mass is 501 g/mol. The molecule has 0 radical (unpaired) electrons. The average molecular weight is 502 g/mol. The van der Waals surface area contributed by atoms with Gasteiger partial charge >= 0.3 is 0 Å². The largest absolute Gasteiger partial charge is 0.495 e. The van der Waals surface area contributed by atoms with Crippen molar-refractivity contribution in [3.63, 3.8) is 0 Å². The minimum atomic E-state index is -4.08. The number of anilines is 2. The van der Waals surface area contributed by atoms with Crippen molar-refractivity contribution >= 4 is 38.1 Å². The van der Waals surface area contributed by atoms with E-state index in [9.17, 15) is 12.8 Å². The zero-order valence-electron chi connectivity index (χ0n) is 19.2. The highest BCUT2D eigenvalue weighted by Crippen LogP contribution is 2.49. The van der Waals surface area contributed by atoms with E-state index in [1.54, 1.807) is 25.6 Å². The maximum Gasteiger partial charge on any atom is 0.168 e. The van der Waals surface area contributed by atoms with E-state index in [1.807, 2.05) is 6.07 Å². The van der Waals surface area contributed by atoms with Crippen molar-refractivity contribution in [2.24, 2.45) is 5.92 Å². The van der Waals surface area contributed by atoms with Crippen LogP contribution in [0.2, 0.25) is 0 Å². The van der Waals surface area contributed by atoms with Crippen LogP contribution in [0.25, 0.3) is 10.9 Å². The van der Waals surface area contributed by atoms with Crippen LogP contribution in [0.4, 0.5) is 20.3 Å². The van der Waals surface area contributed by atoms with Crippen LogP contribution in [0.5, 0.6) is 5.75 Å². The second-order valence-electron chi connectivity index (χ2n) is 9.31. The normalized spacial score (nSPS) is 25.8. The summed E-state index contributed by atoms with van der Waals surface area (Å²) in [4.78, 5) is 8.72. The molecule has 0 amide bonds. The number of hydrogen-bond donors (Lipinski definition) is 3. The number of alkyl halides is 1. The molecular formula is C24H25F2N5O3S. The predicted molar refractivity (Wildman–Crippen MR) is 129 cm³/mol. The van der Waals surface area contributed by atoms with Gasteiger partial charge in [0.05, 0.1) is 24.6 Å². The summed E-state index contributed by atoms with van der Waals surface area (Å²) in [6.45, 7) is 0.344. The van der Waals surface area contributed by atoms with E-state index in [1.165, 1.54) is 25.1 Å². The standard InChI is InChI=1S/C24H25F2N5O3S/c1-23(13-35(32,33)24(12-25,15-3-4-15)22(27)31-23)18-10-16(5-6-19(18)26)30-21-20-14(7-8-28-21)9-17(34-2)11-29-20/h5-11,15H,3-4,12-13H2,1-2H3,(H2,27,31)(H,28,30)/t23-,24-/m0/s1. The molecule has 35 heavy (non-hydrogen) atoms. The summed E-state index contributed by atoms with van der Waals surface area (Å²) in [5.74, 6) is -0.992. The number of benzene rings is 1. The summed E-state index contributed by atoms with van der Waals surface area (Å²) in [7, 11) is -2.54. The SMILES string of the molecule is COc1cnc2c(Nc3ccc(F)c([C@]4(C)CS(=O)(=O)[C@@](CF)(C5CC5)C(=N)N4)c3)nccc2c1. The molecule has 11 heteroatoms. The van der Waals surface area contributed by atoms with Crippen molar-refractivity contribution in [3.05, 3.63) is 54.1 Å². The van der Waals surface area contributed by atoms with Crippen LogP contribution < -0.4 is 15.4 Å². The summed E-state index contributed by atoms with van der Waals surface area (Å²) in [6.07, 6.45) is 4.26. The van der Waals surface area contributed by atoms with Crippen LogP contribution in [-0.2, 0) is 15.4 Å². The molecule has 3 N–H and O–H groups in total. The molecule has 5 rings (SSSR count). The van der Waals surface area contributed by atoms with E-state index in [4.69, 9.17) is 10.1 Å². The zero-order valence-corrected chi connectivity index (χ0v) is 20.0. The van der Waals surface area contributed by atoms with Crippen molar-refractivity contribution in [3.8, 4) is 5.75 Å². The lowest BCUT2D eigenvalue weighted by Gasteiger charge is -2.45. The molecule has 1 saturated heterocycles. The van der Waals surface area contributed by atoms with Gasteiger partial charge in [0.1, 0.15) is 29.6 Å². The smallest absolute Gasteiger partial charge is 0.168 e. The molecule has 2 atom stereocenters. The Bertz CT molecular complexity index is 1450. The molecule has 0 bridgehead atoms. The lowest BCUT2D eigenvalue weighted by atomic mass is 9.90. The van der Waals surface area contributed by atoms with Gasteiger partial charge in [0.2, 0.25) is 0 Å². The third-order valence-electron chi connectivity index (χ3n) is 6.93. The molecule has 3 heterocycles. The number of aromatic nitrogens is 2. The first-order chi connectivity index (χ1) is 16.6. The Morgan fingerprint density at radius 1 is 1.26 bits per heavy atom. The van der Waals surface area contributed by atoms with E-state index in [2.05, 4.69) is 20.6 Å². The number of nitrogens with zero attached hydrogens (tertiary/aromatic N) is 2. The molecule has 1 aliphatic carbocycles. The van der Waals surface area contributed by atoms with Gasteiger partial charge in [-0.25, -0.2) is 27.2 Å². The lowest BCUT2D eigenvalue weighted by Crippen LogP contribution is -2.68. The fourth-order valence-electron chi connectivity index (χ4n) is 4.90. The molecule has 1 aliphatic heterocycles. The highest BCUT2D eigenvalue weighted by atomic mass is 32.2. The van der Waals surface area contributed by atoms with E-state index in [0.29, 0.717) is 35.6 Å². The molecule has 0 spiro atoms. The fraction of sp³-hybridized carbons (Fsp3) is 0.375. The Balaban J connectivity index is 1.51. The van der Waals surface area contributed by atoms with Crippen molar-refractivity contribution in [1.82, 2.24) is 15.3 Å². The number of methoxy groups -OCH3 is 1. The Morgan fingerprint density at radius 2 is 2.03 bits per heavy atom. The molecule has 0 unspecified atom stereocenters. The summed E-state index contributed by atoms with van der Waals surface area (Å²) < 4.78 is 59.1. The number of ether oxygens (including phenoxy) is 1. The lowest BCUT2D eigenvalue weighted by molar-refractivity contribution is 0.358. The zero-order chi connectivity index (χ0) is 25.0. The van der Waals surface area contributed by atoms with Crippen LogP contribution >= 0.6 is 0 Å². The Morgan fingerprint density at radius 3 is 2.69 bits per heavy atom. The second kappa shape index (κ2) is 8.11. The van der Waals surface area contributed by atoms with Crippen LogP contribution in [0, 0.1) is 17.1 Å². The van der Waals surface area contributed by atoms with Crippen molar-refractivity contribution < 1.29 is 21.9 Å². The Hall–Kier alpha value is -3.34. The number of hydrogen-bond acceptors (Lipinski definition) is 7. The van der Waals surface area contributed by atoms with Gasteiger partial charge in [0.15, 0.2) is 20.4 Å². The molecule has 2 aromatic heterocycles. The maximum absolute atomic E-state index is 15.0. The average Bonchev–Trinajstić information content (AvgIpc) is 3.65. The number of rotatable bonds is 6. The number of fused-ring (bicyclic) bond motifs is 1. The van der Waals surface area contributed by atoms with Crippen LogP contribution in [0.15, 0.2) is 42.7 Å². The van der Waals surface area contributed by atoms with Gasteiger partial charge in [-0.05, 0) is 56.0 Å². The third-order valence-corrected chi connectivity index (χ3v) is 9.64. The molecular weight excluding hydrogens is 476 g/mol. The van der Waals surface area contributed by atoms with Gasteiger partial charge < -0.3 is 15.4 Å². The van der Waals surface area contributed by atoms with Gasteiger partial charge in [-0.15, -0.1) is 0 Å². The number of amidine groups is 1. The number of pyridine rings is 2. The fourth-order valence-corrected chi connectivity index (χ4v) is 7.42. The van der Waals surface area contributed by atoms with E-state index < -0.39 is 50.1 Å². The Kier molecular flexibility index (Phi) is 5.42. The minimum Gasteiger partial charge on any atom is -0.495 e. The van der Waals surface area contributed by atoms with E-state index >= 15 is 4.39 Å². The molecule has 1 aromatic carbocycles. The molecule has 2 aliphatic rings. The topological polar surface area (TPSA) is 117 Å². The number of sulfone groups is 1. The van der Waals surface area contributed by atoms with Crippen LogP contribution in [0.1, 0.15) is 25.3 Å². The summed E-state index contributed by atoms with van der Waals surface area (Å²) in [5.41, 5.74) is -0.379. The highest BCUT2D eigenvalue weighted by molar-refractivity contribution is 7.93. The first kappa shape index (κ1) is 23.4. The summed E-state index contributed by atoms with van der Waals surface area (Å²) in [5, 5.41) is 15.2. The molecule has 2 fully saturated rings. The third kappa shape index (κ3) is 3.69. The van der Waals surface area contributed by atoms with Crippen molar-refractivity contribution in [2.75, 3.05) is 24.9 Å². The van der Waals surface area contributed by atoms with Gasteiger partial charge in [0.25, 0.3) is 0 Å². The number of nitrogens with one attached hydrogen (secondary N) is 3. The van der Waals surface area contributed by atoms with Crippen molar-refractivity contribution in [2.45, 2.75) is 30.1 Å². The summed E-state index contributed by atoms with van der Waals surface area (Å²) in [6, 6.07) is 7.80. The molecule has 3 aromatic rings. The maximum atomic E-state index is 15.0. The molecule has 184 valence electrons. The highest BCUT2D eigenvalue weighted by Gasteiger charge is 2.63.